The molecule has 4 nitrogen and oxygen atoms in total. The number of piperidine rings is 1. The Hall–Kier alpha value is -2.88. The van der Waals surface area contributed by atoms with E-state index in [4.69, 9.17) is 0 Å². The highest BCUT2D eigenvalue weighted by Crippen LogP contribution is 2.19. The van der Waals surface area contributed by atoms with Gasteiger partial charge in [-0.15, -0.1) is 0 Å². The third-order valence-corrected chi connectivity index (χ3v) is 4.61. The molecule has 1 aliphatic heterocycles. The van der Waals surface area contributed by atoms with E-state index in [2.05, 4.69) is 5.32 Å². The van der Waals surface area contributed by atoms with E-state index < -0.39 is 0 Å². The van der Waals surface area contributed by atoms with Crippen molar-refractivity contribution in [3.05, 3.63) is 71.8 Å². The number of anilines is 1. The first-order chi connectivity index (χ1) is 12.6. The van der Waals surface area contributed by atoms with Gasteiger partial charge in [0.25, 0.3) is 0 Å². The lowest BCUT2D eigenvalue weighted by molar-refractivity contribution is -0.130. The summed E-state index contributed by atoms with van der Waals surface area (Å²) in [5.74, 6) is -0.222. The number of hydrogen-bond donors (Lipinski definition) is 1. The van der Waals surface area contributed by atoms with Gasteiger partial charge in [0.15, 0.2) is 0 Å². The Bertz CT molecular complexity index is 799. The van der Waals surface area contributed by atoms with Gasteiger partial charge in [-0.25, -0.2) is 0 Å². The molecule has 1 aliphatic rings. The average Bonchev–Trinajstić information content (AvgIpc) is 2.67. The second kappa shape index (κ2) is 8.48. The molecule has 2 amide bonds. The molecule has 134 valence electrons. The summed E-state index contributed by atoms with van der Waals surface area (Å²) in [6.07, 6.45) is 5.09. The molecule has 0 aromatic heterocycles. The molecule has 0 aliphatic carbocycles. The molecule has 26 heavy (non-hydrogen) atoms. The molecule has 0 saturated carbocycles. The average molecular weight is 348 g/mol. The molecular formula is C22H24N2O2. The minimum absolute atomic E-state index is 0.0173. The van der Waals surface area contributed by atoms with Gasteiger partial charge in [0.1, 0.15) is 0 Å². The molecule has 0 radical (unpaired) electrons. The van der Waals surface area contributed by atoms with Crippen molar-refractivity contribution in [3.63, 3.8) is 0 Å². The van der Waals surface area contributed by atoms with Gasteiger partial charge >= 0.3 is 0 Å². The second-order valence-electron chi connectivity index (χ2n) is 6.73. The summed E-state index contributed by atoms with van der Waals surface area (Å²) in [6, 6.07) is 17.5. The molecule has 1 heterocycles. The molecule has 1 saturated heterocycles. The Kier molecular flexibility index (Phi) is 5.84. The first-order valence-corrected chi connectivity index (χ1v) is 9.01. The highest BCUT2D eigenvalue weighted by Gasteiger charge is 2.27. The van der Waals surface area contributed by atoms with Crippen LogP contribution < -0.4 is 5.32 Å². The minimum atomic E-state index is -0.166. The van der Waals surface area contributed by atoms with E-state index in [0.717, 1.165) is 29.7 Å². The van der Waals surface area contributed by atoms with Crippen LogP contribution in [0.5, 0.6) is 0 Å². The maximum atomic E-state index is 12.5. The number of nitrogens with one attached hydrogen (secondary N) is 1. The third kappa shape index (κ3) is 4.82. The lowest BCUT2D eigenvalue weighted by Gasteiger charge is -2.31. The Labute approximate surface area is 154 Å². The summed E-state index contributed by atoms with van der Waals surface area (Å²) >= 11 is 0. The SMILES string of the molecule is Cc1cccc(/C=C/C(=O)N2CCCC(C(=O)Nc3ccccc3)C2)c1. The number of hydrogen-bond acceptors (Lipinski definition) is 2. The molecule has 4 heteroatoms. The minimum Gasteiger partial charge on any atom is -0.338 e. The number of aryl methyl sites for hydroxylation is 1. The van der Waals surface area contributed by atoms with Gasteiger partial charge < -0.3 is 10.2 Å². The van der Waals surface area contributed by atoms with E-state index in [0.29, 0.717) is 13.1 Å². The molecule has 1 N–H and O–H groups in total. The van der Waals surface area contributed by atoms with Crippen LogP contribution in [-0.2, 0) is 9.59 Å². The lowest BCUT2D eigenvalue weighted by Crippen LogP contribution is -2.43. The molecule has 0 spiro atoms. The van der Waals surface area contributed by atoms with Crippen molar-refractivity contribution in [1.29, 1.82) is 0 Å². The quantitative estimate of drug-likeness (QED) is 0.852. The first kappa shape index (κ1) is 17.9. The van der Waals surface area contributed by atoms with Crippen molar-refractivity contribution >= 4 is 23.6 Å². The van der Waals surface area contributed by atoms with Crippen LogP contribution in [0, 0.1) is 12.8 Å². The number of benzene rings is 2. The summed E-state index contributed by atoms with van der Waals surface area (Å²) in [4.78, 5) is 26.7. The molecule has 0 bridgehead atoms. The number of likely N-dealkylation sites (tertiary alicyclic amines) is 1. The zero-order chi connectivity index (χ0) is 18.4. The van der Waals surface area contributed by atoms with Gasteiger partial charge in [0.05, 0.1) is 5.92 Å². The van der Waals surface area contributed by atoms with Crippen molar-refractivity contribution in [1.82, 2.24) is 4.90 Å². The fourth-order valence-corrected chi connectivity index (χ4v) is 3.20. The van der Waals surface area contributed by atoms with Crippen molar-refractivity contribution in [2.24, 2.45) is 5.92 Å². The van der Waals surface area contributed by atoms with E-state index in [1.165, 1.54) is 0 Å². The standard InChI is InChI=1S/C22H24N2O2/c1-17-7-5-8-18(15-17)12-13-21(25)24-14-6-9-19(16-24)22(26)23-20-10-3-2-4-11-20/h2-5,7-8,10-13,15,19H,6,9,14,16H2,1H3,(H,23,26)/b13-12+. The van der Waals surface area contributed by atoms with E-state index in [1.54, 1.807) is 11.0 Å². The van der Waals surface area contributed by atoms with E-state index in [9.17, 15) is 9.59 Å². The van der Waals surface area contributed by atoms with Gasteiger partial charge in [-0.1, -0.05) is 48.0 Å². The van der Waals surface area contributed by atoms with E-state index >= 15 is 0 Å². The Morgan fingerprint density at radius 1 is 1.12 bits per heavy atom. The topological polar surface area (TPSA) is 49.4 Å². The fourth-order valence-electron chi connectivity index (χ4n) is 3.20. The maximum absolute atomic E-state index is 12.5. The van der Waals surface area contributed by atoms with Gasteiger partial charge in [-0.3, -0.25) is 9.59 Å². The molecule has 1 unspecified atom stereocenters. The summed E-state index contributed by atoms with van der Waals surface area (Å²) in [7, 11) is 0. The molecular weight excluding hydrogens is 324 g/mol. The number of para-hydroxylation sites is 1. The Morgan fingerprint density at radius 3 is 2.69 bits per heavy atom. The van der Waals surface area contributed by atoms with Crippen LogP contribution in [0.25, 0.3) is 6.08 Å². The maximum Gasteiger partial charge on any atom is 0.246 e. The second-order valence-corrected chi connectivity index (χ2v) is 6.73. The largest absolute Gasteiger partial charge is 0.338 e. The number of nitrogens with zero attached hydrogens (tertiary/aromatic N) is 1. The van der Waals surface area contributed by atoms with Crippen molar-refractivity contribution in [2.75, 3.05) is 18.4 Å². The van der Waals surface area contributed by atoms with Crippen molar-refractivity contribution < 1.29 is 9.59 Å². The lowest BCUT2D eigenvalue weighted by atomic mass is 9.97. The number of amides is 2. The van der Waals surface area contributed by atoms with Gasteiger partial charge in [-0.2, -0.15) is 0 Å². The van der Waals surface area contributed by atoms with Crippen LogP contribution in [0.2, 0.25) is 0 Å². The molecule has 1 atom stereocenters. The molecule has 1 fully saturated rings. The third-order valence-electron chi connectivity index (χ3n) is 4.61. The van der Waals surface area contributed by atoms with E-state index in [-0.39, 0.29) is 17.7 Å². The van der Waals surface area contributed by atoms with Crippen LogP contribution in [0.15, 0.2) is 60.7 Å². The van der Waals surface area contributed by atoms with Crippen molar-refractivity contribution in [3.8, 4) is 0 Å². The van der Waals surface area contributed by atoms with Crippen LogP contribution in [0.1, 0.15) is 24.0 Å². The Morgan fingerprint density at radius 2 is 1.92 bits per heavy atom. The molecule has 2 aromatic rings. The molecule has 2 aromatic carbocycles. The zero-order valence-corrected chi connectivity index (χ0v) is 15.0. The monoisotopic (exact) mass is 348 g/mol. The van der Waals surface area contributed by atoms with Crippen LogP contribution in [0.3, 0.4) is 0 Å². The smallest absolute Gasteiger partial charge is 0.246 e. The van der Waals surface area contributed by atoms with Crippen molar-refractivity contribution in [2.45, 2.75) is 19.8 Å². The van der Waals surface area contributed by atoms with Crippen LogP contribution in [-0.4, -0.2) is 29.8 Å². The summed E-state index contributed by atoms with van der Waals surface area (Å²) in [5.41, 5.74) is 2.96. The van der Waals surface area contributed by atoms with Gasteiger partial charge in [-0.05, 0) is 43.5 Å². The van der Waals surface area contributed by atoms with E-state index in [1.807, 2.05) is 67.6 Å². The summed E-state index contributed by atoms with van der Waals surface area (Å²) in [6.45, 7) is 3.20. The molecule has 3 rings (SSSR count). The Balaban J connectivity index is 1.59. The number of rotatable bonds is 4. The summed E-state index contributed by atoms with van der Waals surface area (Å²) in [5, 5.41) is 2.94. The fraction of sp³-hybridized carbons (Fsp3) is 0.273. The summed E-state index contributed by atoms with van der Waals surface area (Å²) < 4.78 is 0. The first-order valence-electron chi connectivity index (χ1n) is 9.01. The van der Waals surface area contributed by atoms with Gasteiger partial charge in [0, 0.05) is 24.9 Å². The predicted octanol–water partition coefficient (Wildman–Crippen LogP) is 3.89. The highest BCUT2D eigenvalue weighted by atomic mass is 16.2. The zero-order valence-electron chi connectivity index (χ0n) is 15.0. The van der Waals surface area contributed by atoms with Gasteiger partial charge in [0.2, 0.25) is 11.8 Å². The highest BCUT2D eigenvalue weighted by molar-refractivity contribution is 5.95. The predicted molar refractivity (Wildman–Crippen MR) is 105 cm³/mol. The van der Waals surface area contributed by atoms with Crippen LogP contribution in [0.4, 0.5) is 5.69 Å². The number of carbonyl (C=O) groups excluding carboxylic acids is 2. The van der Waals surface area contributed by atoms with Crippen LogP contribution >= 0.6 is 0 Å². The number of carbonyl (C=O) groups is 2. The normalized spacial score (nSPS) is 17.3.